The van der Waals surface area contributed by atoms with E-state index in [-0.39, 0.29) is 10.6 Å². The van der Waals surface area contributed by atoms with Crippen molar-refractivity contribution in [3.05, 3.63) is 36.2 Å². The zero-order chi connectivity index (χ0) is 12.5. The van der Waals surface area contributed by atoms with Gasteiger partial charge in [0.2, 0.25) is 0 Å². The maximum atomic E-state index is 11.9. The van der Waals surface area contributed by atoms with Gasteiger partial charge in [0.25, 0.3) is 10.0 Å². The number of benzene rings is 1. The molecule has 0 unspecified atom stereocenters. The van der Waals surface area contributed by atoms with E-state index in [1.807, 2.05) is 0 Å². The summed E-state index contributed by atoms with van der Waals surface area (Å²) in [5, 5.41) is 3.41. The maximum absolute atomic E-state index is 11.9. The Balaban J connectivity index is 2.35. The standard InChI is InChI=1S/C10H11N3O3S/c1-7-2-3-9(4-10(7)11)17(14,15)13-8-5-12-16-6-8/h2-6,13H,11H2,1H3. The Bertz CT molecular complexity index is 620. The minimum Gasteiger partial charge on any atom is -0.398 e. The Labute approximate surface area is 98.5 Å². The number of anilines is 2. The lowest BCUT2D eigenvalue weighted by Crippen LogP contribution is -2.12. The van der Waals surface area contributed by atoms with Crippen LogP contribution >= 0.6 is 0 Å². The third-order valence-electron chi connectivity index (χ3n) is 2.25. The smallest absolute Gasteiger partial charge is 0.262 e. The van der Waals surface area contributed by atoms with Gasteiger partial charge in [-0.2, -0.15) is 0 Å². The number of aromatic nitrogens is 1. The number of aryl methyl sites for hydroxylation is 1. The maximum Gasteiger partial charge on any atom is 0.262 e. The van der Waals surface area contributed by atoms with Crippen molar-refractivity contribution < 1.29 is 12.9 Å². The summed E-state index contributed by atoms with van der Waals surface area (Å²) in [6, 6.07) is 4.55. The zero-order valence-corrected chi connectivity index (χ0v) is 9.86. The first-order valence-corrected chi connectivity index (χ1v) is 6.26. The fourth-order valence-electron chi connectivity index (χ4n) is 1.26. The molecule has 0 atom stereocenters. The van der Waals surface area contributed by atoms with E-state index in [2.05, 4.69) is 14.4 Å². The van der Waals surface area contributed by atoms with Crippen LogP contribution in [0.25, 0.3) is 0 Å². The van der Waals surface area contributed by atoms with Crippen molar-refractivity contribution in [1.29, 1.82) is 0 Å². The van der Waals surface area contributed by atoms with Gasteiger partial charge in [0.1, 0.15) is 12.0 Å². The molecule has 0 amide bonds. The van der Waals surface area contributed by atoms with Crippen molar-refractivity contribution >= 4 is 21.4 Å². The number of hydrogen-bond donors (Lipinski definition) is 2. The molecular formula is C10H11N3O3S. The van der Waals surface area contributed by atoms with Gasteiger partial charge in [-0.1, -0.05) is 11.2 Å². The monoisotopic (exact) mass is 253 g/mol. The van der Waals surface area contributed by atoms with Crippen LogP contribution in [0.2, 0.25) is 0 Å². The normalized spacial score (nSPS) is 11.4. The Morgan fingerprint density at radius 2 is 2.18 bits per heavy atom. The van der Waals surface area contributed by atoms with Crippen molar-refractivity contribution in [3.63, 3.8) is 0 Å². The predicted molar refractivity (Wildman–Crippen MR) is 62.9 cm³/mol. The number of sulfonamides is 1. The molecule has 2 aromatic rings. The lowest BCUT2D eigenvalue weighted by molar-refractivity contribution is 0.420. The van der Waals surface area contributed by atoms with Gasteiger partial charge in [0, 0.05) is 5.69 Å². The predicted octanol–water partition coefficient (Wildman–Crippen LogP) is 1.37. The van der Waals surface area contributed by atoms with Crippen LogP contribution in [-0.2, 0) is 10.0 Å². The minimum absolute atomic E-state index is 0.0989. The zero-order valence-electron chi connectivity index (χ0n) is 9.04. The molecule has 0 aliphatic heterocycles. The third-order valence-corrected chi connectivity index (χ3v) is 3.62. The van der Waals surface area contributed by atoms with Gasteiger partial charge in [0.05, 0.1) is 11.1 Å². The molecule has 90 valence electrons. The average Bonchev–Trinajstić information content (AvgIpc) is 2.73. The van der Waals surface area contributed by atoms with Gasteiger partial charge in [-0.3, -0.25) is 4.72 Å². The Hall–Kier alpha value is -2.02. The van der Waals surface area contributed by atoms with Crippen LogP contribution in [0.5, 0.6) is 0 Å². The van der Waals surface area contributed by atoms with Crippen molar-refractivity contribution in [3.8, 4) is 0 Å². The summed E-state index contributed by atoms with van der Waals surface area (Å²) in [6.07, 6.45) is 2.48. The van der Waals surface area contributed by atoms with Crippen LogP contribution < -0.4 is 10.5 Å². The molecule has 17 heavy (non-hydrogen) atoms. The summed E-state index contributed by atoms with van der Waals surface area (Å²) in [5.74, 6) is 0. The van der Waals surface area contributed by atoms with Gasteiger partial charge in [-0.05, 0) is 24.6 Å². The van der Waals surface area contributed by atoms with Crippen LogP contribution in [0.3, 0.4) is 0 Å². The SMILES string of the molecule is Cc1ccc(S(=O)(=O)Nc2cnoc2)cc1N. The van der Waals surface area contributed by atoms with E-state index >= 15 is 0 Å². The summed E-state index contributed by atoms with van der Waals surface area (Å²) in [5.41, 5.74) is 7.19. The van der Waals surface area contributed by atoms with Crippen LogP contribution in [0.15, 0.2) is 40.1 Å². The van der Waals surface area contributed by atoms with Gasteiger partial charge in [-0.15, -0.1) is 0 Å². The van der Waals surface area contributed by atoms with Gasteiger partial charge >= 0.3 is 0 Å². The van der Waals surface area contributed by atoms with Crippen LogP contribution in [-0.4, -0.2) is 13.6 Å². The highest BCUT2D eigenvalue weighted by atomic mass is 32.2. The van der Waals surface area contributed by atoms with Gasteiger partial charge in [0.15, 0.2) is 0 Å². The first-order valence-electron chi connectivity index (χ1n) is 4.77. The number of rotatable bonds is 3. The number of nitrogens with one attached hydrogen (secondary N) is 1. The summed E-state index contributed by atoms with van der Waals surface area (Å²) in [7, 11) is -3.65. The number of nitrogens with two attached hydrogens (primary N) is 1. The molecule has 0 bridgehead atoms. The fraction of sp³-hybridized carbons (Fsp3) is 0.100. The molecule has 0 spiro atoms. The highest BCUT2D eigenvalue weighted by Gasteiger charge is 2.15. The molecule has 2 rings (SSSR count). The molecule has 0 aliphatic rings. The van der Waals surface area contributed by atoms with E-state index in [0.29, 0.717) is 5.69 Å². The topological polar surface area (TPSA) is 98.2 Å². The van der Waals surface area contributed by atoms with E-state index in [1.54, 1.807) is 13.0 Å². The molecule has 7 heteroatoms. The molecule has 0 radical (unpaired) electrons. The summed E-state index contributed by atoms with van der Waals surface area (Å²) in [4.78, 5) is 0.0989. The second-order valence-corrected chi connectivity index (χ2v) is 5.22. The highest BCUT2D eigenvalue weighted by molar-refractivity contribution is 7.92. The molecule has 0 fully saturated rings. The van der Waals surface area contributed by atoms with Crippen molar-refractivity contribution in [2.45, 2.75) is 11.8 Å². The molecule has 0 saturated carbocycles. The van der Waals surface area contributed by atoms with E-state index in [4.69, 9.17) is 5.73 Å². The average molecular weight is 253 g/mol. The van der Waals surface area contributed by atoms with Crippen LogP contribution in [0, 0.1) is 6.92 Å². The molecule has 3 N–H and O–H groups in total. The Morgan fingerprint density at radius 3 is 2.76 bits per heavy atom. The second-order valence-electron chi connectivity index (χ2n) is 3.54. The Morgan fingerprint density at radius 1 is 1.41 bits per heavy atom. The van der Waals surface area contributed by atoms with E-state index in [9.17, 15) is 8.42 Å². The van der Waals surface area contributed by atoms with E-state index in [0.717, 1.165) is 5.56 Å². The van der Waals surface area contributed by atoms with E-state index in [1.165, 1.54) is 24.6 Å². The lowest BCUT2D eigenvalue weighted by Gasteiger charge is -2.07. The number of hydrogen-bond acceptors (Lipinski definition) is 5. The quantitative estimate of drug-likeness (QED) is 0.805. The Kier molecular flexibility index (Phi) is 2.76. The molecular weight excluding hydrogens is 242 g/mol. The van der Waals surface area contributed by atoms with Gasteiger partial charge in [-0.25, -0.2) is 8.42 Å². The minimum atomic E-state index is -3.65. The van der Waals surface area contributed by atoms with E-state index < -0.39 is 10.0 Å². The van der Waals surface area contributed by atoms with Crippen molar-refractivity contribution in [1.82, 2.24) is 5.16 Å². The molecule has 1 aromatic heterocycles. The molecule has 1 aromatic carbocycles. The lowest BCUT2D eigenvalue weighted by atomic mass is 10.2. The highest BCUT2D eigenvalue weighted by Crippen LogP contribution is 2.19. The van der Waals surface area contributed by atoms with Crippen molar-refractivity contribution in [2.75, 3.05) is 10.5 Å². The first kappa shape index (κ1) is 11.5. The first-order chi connectivity index (χ1) is 7.99. The summed E-state index contributed by atoms with van der Waals surface area (Å²) >= 11 is 0. The number of nitrogens with zero attached hydrogens (tertiary/aromatic N) is 1. The van der Waals surface area contributed by atoms with Crippen LogP contribution in [0.1, 0.15) is 5.56 Å². The fourth-order valence-corrected chi connectivity index (χ4v) is 2.31. The molecule has 0 aliphatic carbocycles. The second kappa shape index (κ2) is 4.10. The largest absolute Gasteiger partial charge is 0.398 e. The number of nitrogen functional groups attached to an aromatic ring is 1. The van der Waals surface area contributed by atoms with Crippen LogP contribution in [0.4, 0.5) is 11.4 Å². The third kappa shape index (κ3) is 2.39. The van der Waals surface area contributed by atoms with Gasteiger partial charge < -0.3 is 10.3 Å². The summed E-state index contributed by atoms with van der Waals surface area (Å²) < 4.78 is 30.7. The van der Waals surface area contributed by atoms with Crippen molar-refractivity contribution in [2.24, 2.45) is 0 Å². The molecule has 0 saturated heterocycles. The summed E-state index contributed by atoms with van der Waals surface area (Å²) in [6.45, 7) is 1.80. The molecule has 1 heterocycles. The molecule has 6 nitrogen and oxygen atoms in total.